The van der Waals surface area contributed by atoms with Gasteiger partial charge in [0.25, 0.3) is 0 Å². The maximum Gasteiger partial charge on any atom is 0.339 e. The molecule has 0 amide bonds. The Kier molecular flexibility index (Phi) is 5.37. The molecule has 0 bridgehead atoms. The molecule has 0 aliphatic rings. The molecule has 0 unspecified atom stereocenters. The smallest absolute Gasteiger partial charge is 0.339 e. The van der Waals surface area contributed by atoms with Gasteiger partial charge in [-0.1, -0.05) is 12.1 Å². The highest BCUT2D eigenvalue weighted by Gasteiger charge is 2.06. The molecular weight excluding hydrogens is 272 g/mol. The summed E-state index contributed by atoms with van der Waals surface area (Å²) < 4.78 is 15.3. The van der Waals surface area contributed by atoms with Crippen molar-refractivity contribution in [1.82, 2.24) is 0 Å². The van der Waals surface area contributed by atoms with Crippen molar-refractivity contribution >= 4 is 16.9 Å². The van der Waals surface area contributed by atoms with Gasteiger partial charge in [-0.2, -0.15) is 0 Å². The van der Waals surface area contributed by atoms with Crippen molar-refractivity contribution in [3.05, 3.63) is 40.8 Å². The zero-order valence-corrected chi connectivity index (χ0v) is 12.0. The zero-order chi connectivity index (χ0) is 15.1. The lowest BCUT2D eigenvalue weighted by molar-refractivity contribution is -0.140. The zero-order valence-electron chi connectivity index (χ0n) is 12.0. The molecule has 0 saturated heterocycles. The van der Waals surface area contributed by atoms with E-state index in [0.717, 1.165) is 24.6 Å². The van der Waals surface area contributed by atoms with E-state index in [0.29, 0.717) is 24.4 Å². The van der Waals surface area contributed by atoms with Gasteiger partial charge in [-0.3, -0.25) is 4.79 Å². The largest absolute Gasteiger partial charge is 0.493 e. The molecule has 2 aromatic rings. The van der Waals surface area contributed by atoms with Crippen molar-refractivity contribution in [3.8, 4) is 5.75 Å². The first-order valence-corrected chi connectivity index (χ1v) is 6.93. The second-order valence-corrected chi connectivity index (χ2v) is 4.66. The van der Waals surface area contributed by atoms with Crippen LogP contribution in [0, 0.1) is 0 Å². The predicted molar refractivity (Wildman–Crippen MR) is 78.5 cm³/mol. The number of hydrogen-bond donors (Lipinski definition) is 0. The summed E-state index contributed by atoms with van der Waals surface area (Å²) >= 11 is 0. The summed E-state index contributed by atoms with van der Waals surface area (Å²) in [6.45, 7) is 0.495. The molecule has 2 rings (SSSR count). The number of fused-ring (bicyclic) bond motifs is 1. The van der Waals surface area contributed by atoms with Crippen LogP contribution in [0.4, 0.5) is 0 Å². The summed E-state index contributed by atoms with van der Waals surface area (Å²) in [5.41, 5.74) is 0.0973. The molecule has 1 heterocycles. The molecule has 0 fully saturated rings. The average Bonchev–Trinajstić information content (AvgIpc) is 2.50. The standard InChI is InChI=1S/C16H18O5/c1-19-15(17)9-3-2-6-10-20-14-11-16(18)21-13-8-5-4-7-12(13)14/h4-5,7-8,11H,2-3,6,9-10H2,1H3. The fraction of sp³-hybridized carbons (Fsp3) is 0.375. The number of carbonyl (C=O) groups is 1. The van der Waals surface area contributed by atoms with Crippen LogP contribution in [0.3, 0.4) is 0 Å². The third-order valence-electron chi connectivity index (χ3n) is 3.12. The van der Waals surface area contributed by atoms with Crippen LogP contribution in [-0.2, 0) is 9.53 Å². The van der Waals surface area contributed by atoms with Gasteiger partial charge in [0.15, 0.2) is 0 Å². The highest BCUT2D eigenvalue weighted by atomic mass is 16.5. The van der Waals surface area contributed by atoms with Gasteiger partial charge in [0.05, 0.1) is 25.2 Å². The molecule has 1 aromatic heterocycles. The quantitative estimate of drug-likeness (QED) is 0.445. The van der Waals surface area contributed by atoms with Crippen molar-refractivity contribution in [3.63, 3.8) is 0 Å². The predicted octanol–water partition coefficient (Wildman–Crippen LogP) is 2.91. The number of benzene rings is 1. The molecule has 21 heavy (non-hydrogen) atoms. The van der Waals surface area contributed by atoms with Crippen LogP contribution in [0.25, 0.3) is 11.0 Å². The number of hydrogen-bond acceptors (Lipinski definition) is 5. The summed E-state index contributed by atoms with van der Waals surface area (Å²) in [7, 11) is 1.39. The minimum atomic E-state index is -0.422. The van der Waals surface area contributed by atoms with Crippen molar-refractivity contribution in [2.75, 3.05) is 13.7 Å². The minimum Gasteiger partial charge on any atom is -0.493 e. The molecule has 0 aliphatic heterocycles. The van der Waals surface area contributed by atoms with Gasteiger partial charge >= 0.3 is 11.6 Å². The Morgan fingerprint density at radius 3 is 2.81 bits per heavy atom. The Morgan fingerprint density at radius 2 is 2.00 bits per heavy atom. The van der Waals surface area contributed by atoms with Gasteiger partial charge in [0.1, 0.15) is 11.3 Å². The summed E-state index contributed by atoms with van der Waals surface area (Å²) in [5.74, 6) is 0.345. The Morgan fingerprint density at radius 1 is 1.19 bits per heavy atom. The van der Waals surface area contributed by atoms with E-state index in [2.05, 4.69) is 4.74 Å². The molecular formula is C16H18O5. The first-order valence-electron chi connectivity index (χ1n) is 6.93. The topological polar surface area (TPSA) is 65.7 Å². The van der Waals surface area contributed by atoms with Crippen molar-refractivity contribution < 1.29 is 18.7 Å². The summed E-state index contributed by atoms with van der Waals surface area (Å²) in [6.07, 6.45) is 2.88. The van der Waals surface area contributed by atoms with E-state index < -0.39 is 5.63 Å². The first-order chi connectivity index (χ1) is 10.2. The van der Waals surface area contributed by atoms with Crippen LogP contribution in [0.2, 0.25) is 0 Å². The lowest BCUT2D eigenvalue weighted by Gasteiger charge is -2.08. The average molecular weight is 290 g/mol. The van der Waals surface area contributed by atoms with Crippen LogP contribution in [0.1, 0.15) is 25.7 Å². The third-order valence-corrected chi connectivity index (χ3v) is 3.12. The van der Waals surface area contributed by atoms with Crippen molar-refractivity contribution in [2.45, 2.75) is 25.7 Å². The molecule has 0 atom stereocenters. The van der Waals surface area contributed by atoms with E-state index >= 15 is 0 Å². The Labute approximate surface area is 122 Å². The van der Waals surface area contributed by atoms with Crippen LogP contribution in [0.5, 0.6) is 5.75 Å². The van der Waals surface area contributed by atoms with Gasteiger partial charge in [-0.05, 0) is 31.4 Å². The van der Waals surface area contributed by atoms with Gasteiger partial charge in [0, 0.05) is 6.42 Å². The van der Waals surface area contributed by atoms with Gasteiger partial charge in [-0.25, -0.2) is 4.79 Å². The van der Waals surface area contributed by atoms with Crippen LogP contribution in [-0.4, -0.2) is 19.7 Å². The first kappa shape index (κ1) is 15.1. The fourth-order valence-electron chi connectivity index (χ4n) is 2.03. The van der Waals surface area contributed by atoms with Crippen LogP contribution >= 0.6 is 0 Å². The molecule has 0 spiro atoms. The highest BCUT2D eigenvalue weighted by molar-refractivity contribution is 5.82. The number of esters is 1. The highest BCUT2D eigenvalue weighted by Crippen LogP contribution is 2.23. The van der Waals surface area contributed by atoms with Crippen molar-refractivity contribution in [1.29, 1.82) is 0 Å². The molecule has 0 radical (unpaired) electrons. The summed E-state index contributed by atoms with van der Waals surface area (Å²) in [6, 6.07) is 8.62. The molecule has 5 heteroatoms. The maximum atomic E-state index is 11.4. The number of methoxy groups -OCH3 is 1. The minimum absolute atomic E-state index is 0.192. The van der Waals surface area contributed by atoms with Gasteiger partial charge in [0.2, 0.25) is 0 Å². The SMILES string of the molecule is COC(=O)CCCCCOc1cc(=O)oc2ccccc12. The lowest BCUT2D eigenvalue weighted by Crippen LogP contribution is -2.04. The molecule has 0 N–H and O–H groups in total. The molecule has 112 valence electrons. The number of rotatable bonds is 7. The Balaban J connectivity index is 1.86. The number of carbonyl (C=O) groups excluding carboxylic acids is 1. The second-order valence-electron chi connectivity index (χ2n) is 4.66. The normalized spacial score (nSPS) is 10.5. The lowest BCUT2D eigenvalue weighted by atomic mass is 10.2. The van der Waals surface area contributed by atoms with E-state index in [9.17, 15) is 9.59 Å². The maximum absolute atomic E-state index is 11.4. The van der Waals surface area contributed by atoms with E-state index in [1.807, 2.05) is 18.2 Å². The number of unbranched alkanes of at least 4 members (excludes halogenated alkanes) is 2. The summed E-state index contributed by atoms with van der Waals surface area (Å²) in [4.78, 5) is 22.4. The number of ether oxygens (including phenoxy) is 2. The van der Waals surface area contributed by atoms with E-state index in [-0.39, 0.29) is 5.97 Å². The van der Waals surface area contributed by atoms with Crippen LogP contribution < -0.4 is 10.4 Å². The third kappa shape index (κ3) is 4.34. The molecule has 0 saturated carbocycles. The number of para-hydroxylation sites is 1. The monoisotopic (exact) mass is 290 g/mol. The second kappa shape index (κ2) is 7.47. The van der Waals surface area contributed by atoms with E-state index in [4.69, 9.17) is 9.15 Å². The molecule has 0 aliphatic carbocycles. The van der Waals surface area contributed by atoms with Gasteiger partial charge < -0.3 is 13.9 Å². The molecule has 1 aromatic carbocycles. The summed E-state index contributed by atoms with van der Waals surface area (Å²) in [5, 5.41) is 0.784. The van der Waals surface area contributed by atoms with Crippen molar-refractivity contribution in [2.24, 2.45) is 0 Å². The Hall–Kier alpha value is -2.30. The Bertz CT molecular complexity index is 659. The van der Waals surface area contributed by atoms with Gasteiger partial charge in [-0.15, -0.1) is 0 Å². The van der Waals surface area contributed by atoms with E-state index in [1.165, 1.54) is 13.2 Å². The van der Waals surface area contributed by atoms with Crippen LogP contribution in [0.15, 0.2) is 39.5 Å². The van der Waals surface area contributed by atoms with E-state index in [1.54, 1.807) is 6.07 Å². The molecule has 5 nitrogen and oxygen atoms in total. The fourth-order valence-corrected chi connectivity index (χ4v) is 2.03.